The molecule has 0 saturated heterocycles. The van der Waals surface area contributed by atoms with Crippen LogP contribution in [0, 0.1) is 0 Å². The van der Waals surface area contributed by atoms with Crippen molar-refractivity contribution < 1.29 is 0 Å². The fourth-order valence-electron chi connectivity index (χ4n) is 7.62. The SMILES string of the molecule is CCc1cc(CC)c2c(CC)c1CNCc1cccc(n1)CNCc1c(CC)cc(CC)c(c1CC)CNCc1cccc(n1)CNC2. The Morgan fingerprint density at radius 3 is 0.896 bits per heavy atom. The van der Waals surface area contributed by atoms with Crippen LogP contribution in [-0.4, -0.2) is 9.97 Å². The molecule has 2 aromatic carbocycles. The fraction of sp³-hybridized carbons (Fsp3) is 0.476. The van der Waals surface area contributed by atoms with Crippen molar-refractivity contribution in [2.45, 2.75) is 132 Å². The summed E-state index contributed by atoms with van der Waals surface area (Å²) in [6.07, 6.45) is 6.20. The van der Waals surface area contributed by atoms with E-state index in [-0.39, 0.29) is 0 Å². The summed E-state index contributed by atoms with van der Waals surface area (Å²) in [6.45, 7) is 20.1. The largest absolute Gasteiger partial charge is 0.307 e. The van der Waals surface area contributed by atoms with Gasteiger partial charge < -0.3 is 21.3 Å². The minimum absolute atomic E-state index is 0.750. The highest BCUT2D eigenvalue weighted by Crippen LogP contribution is 2.28. The van der Waals surface area contributed by atoms with Gasteiger partial charge in [0.05, 0.1) is 22.8 Å². The van der Waals surface area contributed by atoms with Crippen molar-refractivity contribution in [1.82, 2.24) is 31.2 Å². The molecular weight excluding hydrogens is 589 g/mol. The minimum Gasteiger partial charge on any atom is -0.307 e. The Balaban J connectivity index is 1.48. The van der Waals surface area contributed by atoms with Gasteiger partial charge in [-0.2, -0.15) is 0 Å². The van der Waals surface area contributed by atoms with Gasteiger partial charge in [-0.15, -0.1) is 0 Å². The molecule has 3 heterocycles. The lowest BCUT2D eigenvalue weighted by Gasteiger charge is -2.23. The predicted molar refractivity (Wildman–Crippen MR) is 200 cm³/mol. The van der Waals surface area contributed by atoms with Gasteiger partial charge in [-0.3, -0.25) is 9.97 Å². The van der Waals surface area contributed by atoms with Gasteiger partial charge in [-0.05, 0) is 118 Å². The highest BCUT2D eigenvalue weighted by Gasteiger charge is 2.18. The lowest BCUT2D eigenvalue weighted by atomic mass is 9.88. The summed E-state index contributed by atoms with van der Waals surface area (Å²) in [7, 11) is 0. The van der Waals surface area contributed by atoms with Crippen LogP contribution in [0.5, 0.6) is 0 Å². The second-order valence-corrected chi connectivity index (χ2v) is 13.0. The highest BCUT2D eigenvalue weighted by molar-refractivity contribution is 5.48. The van der Waals surface area contributed by atoms with Gasteiger partial charge >= 0.3 is 0 Å². The van der Waals surface area contributed by atoms with Crippen LogP contribution in [0.2, 0.25) is 0 Å². The van der Waals surface area contributed by atoms with E-state index in [9.17, 15) is 0 Å². The van der Waals surface area contributed by atoms with E-state index in [1.165, 1.54) is 55.6 Å². The Morgan fingerprint density at radius 2 is 0.667 bits per heavy atom. The molecule has 0 spiro atoms. The Hall–Kier alpha value is -3.42. The Kier molecular flexibility index (Phi) is 13.3. The van der Waals surface area contributed by atoms with Crippen LogP contribution in [-0.2, 0) is 90.9 Å². The third kappa shape index (κ3) is 8.59. The Morgan fingerprint density at radius 1 is 0.396 bits per heavy atom. The number of aromatic nitrogens is 2. The molecule has 0 saturated carbocycles. The predicted octanol–water partition coefficient (Wildman–Crippen LogP) is 7.32. The van der Waals surface area contributed by atoms with Gasteiger partial charge in [0, 0.05) is 52.4 Å². The lowest BCUT2D eigenvalue weighted by Crippen LogP contribution is -2.22. The zero-order valence-electron chi connectivity index (χ0n) is 30.4. The van der Waals surface area contributed by atoms with Crippen molar-refractivity contribution in [1.29, 1.82) is 0 Å². The second-order valence-electron chi connectivity index (χ2n) is 13.0. The van der Waals surface area contributed by atoms with Crippen LogP contribution < -0.4 is 21.3 Å². The first-order chi connectivity index (χ1) is 23.5. The van der Waals surface area contributed by atoms with Gasteiger partial charge in [0.2, 0.25) is 0 Å². The number of benzene rings is 2. The average molecular weight is 647 g/mol. The van der Waals surface area contributed by atoms with Crippen molar-refractivity contribution in [3.8, 4) is 0 Å². The first-order valence-corrected chi connectivity index (χ1v) is 18.6. The van der Waals surface area contributed by atoms with Crippen LogP contribution in [0.3, 0.4) is 0 Å². The number of hydrogen-bond donors (Lipinski definition) is 4. The number of aryl methyl sites for hydroxylation is 4. The van der Waals surface area contributed by atoms with Crippen LogP contribution in [0.1, 0.15) is 120 Å². The molecule has 48 heavy (non-hydrogen) atoms. The van der Waals surface area contributed by atoms with Gasteiger partial charge in [-0.1, -0.05) is 65.8 Å². The molecule has 2 aromatic heterocycles. The monoisotopic (exact) mass is 646 g/mol. The average Bonchev–Trinajstić information content (AvgIpc) is 3.11. The third-order valence-electron chi connectivity index (χ3n) is 10.1. The molecule has 0 aliphatic carbocycles. The highest BCUT2D eigenvalue weighted by atomic mass is 14.9. The standard InChI is InChI=1S/C42H58N6/c1-7-29-19-30(8-2)40-26-44-22-34-17-14-18-36(48-34)24-46-28-42-32(10-4)20-31(9-3)41(38(42)12-6)27-45-23-35-16-13-15-33(47-35)21-43-25-39(29)37(40)11-5/h13-20,43-46H,7-12,21-28H2,1-6H3. The number of nitrogens with one attached hydrogen (secondary N) is 4. The van der Waals surface area contributed by atoms with E-state index in [2.05, 4.69) is 111 Å². The molecule has 0 atom stereocenters. The van der Waals surface area contributed by atoms with Gasteiger partial charge in [0.25, 0.3) is 0 Å². The number of pyridine rings is 2. The molecule has 6 nitrogen and oxygen atoms in total. The first-order valence-electron chi connectivity index (χ1n) is 18.6. The molecule has 8 bridgehead atoms. The van der Waals surface area contributed by atoms with Gasteiger partial charge in [0.15, 0.2) is 0 Å². The molecule has 5 rings (SSSR count). The van der Waals surface area contributed by atoms with Crippen molar-refractivity contribution in [2.75, 3.05) is 0 Å². The second kappa shape index (κ2) is 17.8. The first kappa shape index (κ1) is 35.9. The number of fused-ring (bicyclic) bond motifs is 8. The molecule has 6 heteroatoms. The molecule has 0 amide bonds. The summed E-state index contributed by atoms with van der Waals surface area (Å²) < 4.78 is 0. The van der Waals surface area contributed by atoms with E-state index in [1.54, 1.807) is 0 Å². The Labute approximate surface area is 290 Å². The van der Waals surface area contributed by atoms with E-state index in [1.807, 2.05) is 0 Å². The normalized spacial score (nSPS) is 14.8. The van der Waals surface area contributed by atoms with E-state index >= 15 is 0 Å². The number of rotatable bonds is 6. The molecule has 4 N–H and O–H groups in total. The molecule has 256 valence electrons. The third-order valence-corrected chi connectivity index (χ3v) is 10.1. The van der Waals surface area contributed by atoms with Crippen molar-refractivity contribution in [2.24, 2.45) is 0 Å². The van der Waals surface area contributed by atoms with Gasteiger partial charge in [0.1, 0.15) is 0 Å². The number of nitrogens with zero attached hydrogens (tertiary/aromatic N) is 2. The summed E-state index contributed by atoms with van der Waals surface area (Å²) in [4.78, 5) is 10.1. The maximum Gasteiger partial charge on any atom is 0.0545 e. The zero-order chi connectivity index (χ0) is 33.9. The molecule has 0 unspecified atom stereocenters. The Bertz CT molecular complexity index is 1430. The van der Waals surface area contributed by atoms with E-state index < -0.39 is 0 Å². The van der Waals surface area contributed by atoms with Crippen LogP contribution in [0.4, 0.5) is 0 Å². The maximum absolute atomic E-state index is 5.05. The fourth-order valence-corrected chi connectivity index (χ4v) is 7.62. The zero-order valence-corrected chi connectivity index (χ0v) is 30.4. The summed E-state index contributed by atoms with van der Waals surface area (Å²) in [5, 5.41) is 15.1. The number of hydrogen-bond acceptors (Lipinski definition) is 6. The quantitative estimate of drug-likeness (QED) is 0.176. The summed E-state index contributed by atoms with van der Waals surface area (Å²) in [5.41, 5.74) is 19.0. The molecule has 4 aromatic rings. The van der Waals surface area contributed by atoms with E-state index in [0.29, 0.717) is 0 Å². The van der Waals surface area contributed by atoms with Crippen LogP contribution in [0.15, 0.2) is 48.5 Å². The van der Waals surface area contributed by atoms with Gasteiger partial charge in [-0.25, -0.2) is 0 Å². The lowest BCUT2D eigenvalue weighted by molar-refractivity contribution is 0.632. The molecular formula is C42H58N6. The smallest absolute Gasteiger partial charge is 0.0545 e. The molecule has 1 aliphatic heterocycles. The molecule has 0 fully saturated rings. The van der Waals surface area contributed by atoms with Crippen LogP contribution >= 0.6 is 0 Å². The van der Waals surface area contributed by atoms with E-state index in [4.69, 9.17) is 9.97 Å². The summed E-state index contributed by atoms with van der Waals surface area (Å²) in [5.74, 6) is 0. The summed E-state index contributed by atoms with van der Waals surface area (Å²) in [6, 6.07) is 17.8. The van der Waals surface area contributed by atoms with Crippen molar-refractivity contribution in [3.05, 3.63) is 127 Å². The van der Waals surface area contributed by atoms with Crippen molar-refractivity contribution in [3.63, 3.8) is 0 Å². The van der Waals surface area contributed by atoms with E-state index in [0.717, 1.165) is 114 Å². The minimum atomic E-state index is 0.750. The van der Waals surface area contributed by atoms with Crippen LogP contribution in [0.25, 0.3) is 0 Å². The molecule has 0 radical (unpaired) electrons. The molecule has 1 aliphatic rings. The topological polar surface area (TPSA) is 73.9 Å². The summed E-state index contributed by atoms with van der Waals surface area (Å²) >= 11 is 0. The maximum atomic E-state index is 5.05. The van der Waals surface area contributed by atoms with Crippen molar-refractivity contribution >= 4 is 0 Å².